The second-order valence-corrected chi connectivity index (χ2v) is 4.98. The van der Waals surface area contributed by atoms with Crippen LogP contribution in [0.5, 0.6) is 0 Å². The molecule has 0 spiro atoms. The lowest BCUT2D eigenvalue weighted by atomic mass is 10.3. The summed E-state index contributed by atoms with van der Waals surface area (Å²) in [5.41, 5.74) is 1.62. The normalized spacial score (nSPS) is 10.3. The number of halogens is 1. The fourth-order valence-corrected chi connectivity index (χ4v) is 2.44. The van der Waals surface area contributed by atoms with Crippen molar-refractivity contribution >= 4 is 34.2 Å². The molecule has 1 heterocycles. The van der Waals surface area contributed by atoms with Gasteiger partial charge in [0, 0.05) is 23.9 Å². The molecule has 0 aliphatic carbocycles. The van der Waals surface area contributed by atoms with E-state index in [0.29, 0.717) is 5.69 Å². The van der Waals surface area contributed by atoms with Crippen LogP contribution in [-0.2, 0) is 7.05 Å². The van der Waals surface area contributed by atoms with E-state index in [1.807, 2.05) is 54.2 Å². The number of anilines is 1. The van der Waals surface area contributed by atoms with E-state index in [1.165, 1.54) is 0 Å². The lowest BCUT2D eigenvalue weighted by Gasteiger charge is -2.19. The molecule has 3 nitrogen and oxygen atoms in total. The molecule has 0 radical (unpaired) electrons. The number of amides is 1. The Labute approximate surface area is 114 Å². The molecule has 2 rings (SSSR count). The molecular weight excluding hydrogens is 327 g/mol. The second-order valence-electron chi connectivity index (χ2n) is 3.82. The van der Waals surface area contributed by atoms with E-state index in [4.69, 9.17) is 0 Å². The van der Waals surface area contributed by atoms with Gasteiger partial charge in [-0.1, -0.05) is 12.1 Å². The first-order valence-electron chi connectivity index (χ1n) is 5.25. The maximum Gasteiger partial charge on any atom is 0.274 e. The molecule has 0 saturated carbocycles. The summed E-state index contributed by atoms with van der Waals surface area (Å²) in [6.45, 7) is 0. The maximum absolute atomic E-state index is 12.3. The van der Waals surface area contributed by atoms with E-state index in [9.17, 15) is 4.79 Å². The number of benzene rings is 1. The van der Waals surface area contributed by atoms with Gasteiger partial charge in [0.05, 0.1) is 5.69 Å². The van der Waals surface area contributed by atoms with Crippen molar-refractivity contribution in [2.24, 2.45) is 7.05 Å². The molecule has 1 amide bonds. The molecule has 0 aliphatic rings. The Hall–Kier alpha value is -1.30. The summed E-state index contributed by atoms with van der Waals surface area (Å²) in [7, 11) is 3.67. The zero-order chi connectivity index (χ0) is 12.4. The highest BCUT2D eigenvalue weighted by molar-refractivity contribution is 14.1. The van der Waals surface area contributed by atoms with Crippen molar-refractivity contribution in [3.05, 3.63) is 51.9 Å². The van der Waals surface area contributed by atoms with Crippen LogP contribution in [0.4, 0.5) is 5.69 Å². The Balaban J connectivity index is 2.33. The lowest BCUT2D eigenvalue weighted by molar-refractivity contribution is 0.0985. The molecule has 1 aromatic carbocycles. The number of para-hydroxylation sites is 1. The van der Waals surface area contributed by atoms with Gasteiger partial charge >= 0.3 is 0 Å². The third-order valence-corrected chi connectivity index (χ3v) is 3.59. The molecule has 0 fully saturated rings. The van der Waals surface area contributed by atoms with Crippen LogP contribution in [0, 0.1) is 3.57 Å². The van der Waals surface area contributed by atoms with Crippen LogP contribution in [0.2, 0.25) is 0 Å². The summed E-state index contributed by atoms with van der Waals surface area (Å²) in [5.74, 6) is 0.00150. The van der Waals surface area contributed by atoms with Crippen molar-refractivity contribution in [2.45, 2.75) is 0 Å². The summed E-state index contributed by atoms with van der Waals surface area (Å²) >= 11 is 2.23. The quantitative estimate of drug-likeness (QED) is 0.772. The monoisotopic (exact) mass is 340 g/mol. The topological polar surface area (TPSA) is 25.2 Å². The number of hydrogen-bond acceptors (Lipinski definition) is 1. The molecule has 0 N–H and O–H groups in total. The zero-order valence-corrected chi connectivity index (χ0v) is 11.9. The first kappa shape index (κ1) is 12.2. The molecule has 2 aromatic rings. The molecule has 0 aliphatic heterocycles. The summed E-state index contributed by atoms with van der Waals surface area (Å²) in [5, 5.41) is 0. The van der Waals surface area contributed by atoms with Crippen molar-refractivity contribution in [1.82, 2.24) is 4.57 Å². The van der Waals surface area contributed by atoms with Gasteiger partial charge in [-0.05, 0) is 46.9 Å². The van der Waals surface area contributed by atoms with Crippen LogP contribution >= 0.6 is 22.6 Å². The SMILES string of the molecule is CN(C(=O)c1cccn1C)c1ccccc1I. The molecule has 0 bridgehead atoms. The van der Waals surface area contributed by atoms with E-state index >= 15 is 0 Å². The second kappa shape index (κ2) is 4.91. The van der Waals surface area contributed by atoms with Crippen molar-refractivity contribution < 1.29 is 4.79 Å². The highest BCUT2D eigenvalue weighted by Crippen LogP contribution is 2.22. The molecule has 0 saturated heterocycles. The minimum Gasteiger partial charge on any atom is -0.347 e. The van der Waals surface area contributed by atoms with Crippen molar-refractivity contribution in [1.29, 1.82) is 0 Å². The molecule has 4 heteroatoms. The fraction of sp³-hybridized carbons (Fsp3) is 0.154. The maximum atomic E-state index is 12.3. The number of rotatable bonds is 2. The molecule has 0 unspecified atom stereocenters. The van der Waals surface area contributed by atoms with E-state index in [-0.39, 0.29) is 5.91 Å². The number of carbonyl (C=O) groups excluding carboxylic acids is 1. The number of nitrogens with zero attached hydrogens (tertiary/aromatic N) is 2. The van der Waals surface area contributed by atoms with Gasteiger partial charge in [-0.25, -0.2) is 0 Å². The van der Waals surface area contributed by atoms with Gasteiger partial charge < -0.3 is 9.47 Å². The number of aryl methyl sites for hydroxylation is 1. The highest BCUT2D eigenvalue weighted by atomic mass is 127. The van der Waals surface area contributed by atoms with E-state index in [2.05, 4.69) is 22.6 Å². The van der Waals surface area contributed by atoms with Crippen LogP contribution < -0.4 is 4.90 Å². The summed E-state index contributed by atoms with van der Waals surface area (Å²) in [6, 6.07) is 11.5. The fourth-order valence-electron chi connectivity index (χ4n) is 1.69. The van der Waals surface area contributed by atoms with Gasteiger partial charge in [0.25, 0.3) is 5.91 Å². The smallest absolute Gasteiger partial charge is 0.274 e. The summed E-state index contributed by atoms with van der Waals surface area (Å²) < 4.78 is 2.89. The van der Waals surface area contributed by atoms with Crippen LogP contribution in [0.15, 0.2) is 42.6 Å². The molecule has 88 valence electrons. The highest BCUT2D eigenvalue weighted by Gasteiger charge is 2.17. The predicted octanol–water partition coefficient (Wildman–Crippen LogP) is 2.91. The molecule has 17 heavy (non-hydrogen) atoms. The van der Waals surface area contributed by atoms with Crippen molar-refractivity contribution in [2.75, 3.05) is 11.9 Å². The van der Waals surface area contributed by atoms with E-state index in [1.54, 1.807) is 11.9 Å². The number of hydrogen-bond donors (Lipinski definition) is 0. The Morgan fingerprint density at radius 3 is 2.53 bits per heavy atom. The summed E-state index contributed by atoms with van der Waals surface area (Å²) in [6.07, 6.45) is 1.87. The van der Waals surface area contributed by atoms with Crippen LogP contribution in [0.1, 0.15) is 10.5 Å². The van der Waals surface area contributed by atoms with Gasteiger partial charge in [0.2, 0.25) is 0 Å². The average Bonchev–Trinajstić information content (AvgIpc) is 2.74. The Bertz CT molecular complexity index is 548. The van der Waals surface area contributed by atoms with Crippen molar-refractivity contribution in [3.63, 3.8) is 0 Å². The molecular formula is C13H13IN2O. The van der Waals surface area contributed by atoms with Crippen LogP contribution in [-0.4, -0.2) is 17.5 Å². The number of carbonyl (C=O) groups is 1. The Morgan fingerprint density at radius 2 is 1.94 bits per heavy atom. The first-order chi connectivity index (χ1) is 8.11. The third kappa shape index (κ3) is 2.36. The largest absolute Gasteiger partial charge is 0.347 e. The standard InChI is InChI=1S/C13H13IN2O/c1-15-9-5-8-12(15)13(17)16(2)11-7-4-3-6-10(11)14/h3-9H,1-2H3. The van der Waals surface area contributed by atoms with Crippen LogP contribution in [0.25, 0.3) is 0 Å². The minimum atomic E-state index is 0.00150. The number of aromatic nitrogens is 1. The zero-order valence-electron chi connectivity index (χ0n) is 9.72. The Kier molecular flexibility index (Phi) is 3.51. The van der Waals surface area contributed by atoms with Gasteiger partial charge in [0.1, 0.15) is 5.69 Å². The van der Waals surface area contributed by atoms with E-state index in [0.717, 1.165) is 9.26 Å². The Morgan fingerprint density at radius 1 is 1.24 bits per heavy atom. The van der Waals surface area contributed by atoms with Gasteiger partial charge in [0.15, 0.2) is 0 Å². The van der Waals surface area contributed by atoms with Gasteiger partial charge in [-0.15, -0.1) is 0 Å². The van der Waals surface area contributed by atoms with Crippen molar-refractivity contribution in [3.8, 4) is 0 Å². The summed E-state index contributed by atoms with van der Waals surface area (Å²) in [4.78, 5) is 14.0. The minimum absolute atomic E-state index is 0.00150. The molecule has 1 aromatic heterocycles. The average molecular weight is 340 g/mol. The third-order valence-electron chi connectivity index (χ3n) is 2.68. The lowest BCUT2D eigenvalue weighted by Crippen LogP contribution is -2.28. The van der Waals surface area contributed by atoms with E-state index < -0.39 is 0 Å². The van der Waals surface area contributed by atoms with Gasteiger partial charge in [-0.2, -0.15) is 0 Å². The van der Waals surface area contributed by atoms with Gasteiger partial charge in [-0.3, -0.25) is 4.79 Å². The first-order valence-corrected chi connectivity index (χ1v) is 6.33. The van der Waals surface area contributed by atoms with Crippen LogP contribution in [0.3, 0.4) is 0 Å². The molecule has 0 atom stereocenters. The predicted molar refractivity (Wildman–Crippen MR) is 77.3 cm³/mol.